The second-order valence-corrected chi connectivity index (χ2v) is 10.8. The fraction of sp³-hybridized carbons (Fsp3) is 0.519. The molecule has 1 amide bonds. The van der Waals surface area contributed by atoms with Crippen LogP contribution in [0, 0.1) is 0 Å². The number of carbonyl (C=O) groups excluding carboxylic acids is 1. The Morgan fingerprint density at radius 1 is 0.933 bits per heavy atom. The van der Waals surface area contributed by atoms with Crippen molar-refractivity contribution in [3.05, 3.63) is 70.3 Å². The van der Waals surface area contributed by atoms with E-state index in [9.17, 15) is 4.79 Å². The molecule has 1 fully saturated rings. The fourth-order valence-corrected chi connectivity index (χ4v) is 4.19. The van der Waals surface area contributed by atoms with Crippen LogP contribution in [0.2, 0.25) is 0 Å². The summed E-state index contributed by atoms with van der Waals surface area (Å²) in [6, 6.07) is 15.1. The van der Waals surface area contributed by atoms with E-state index < -0.39 is 0 Å². The van der Waals surface area contributed by atoms with Crippen LogP contribution in [0.4, 0.5) is 0 Å². The molecule has 0 aromatic heterocycles. The number of likely N-dealkylation sites (tertiary alicyclic amines) is 1. The summed E-state index contributed by atoms with van der Waals surface area (Å²) >= 11 is 0. The zero-order chi connectivity index (χ0) is 22.1. The van der Waals surface area contributed by atoms with E-state index in [1.165, 1.54) is 22.3 Å². The summed E-state index contributed by atoms with van der Waals surface area (Å²) in [5.74, 6) is 0.673. The van der Waals surface area contributed by atoms with Gasteiger partial charge in [0, 0.05) is 25.2 Å². The van der Waals surface area contributed by atoms with Crippen molar-refractivity contribution in [2.45, 2.75) is 77.7 Å². The van der Waals surface area contributed by atoms with E-state index in [1.807, 2.05) is 4.90 Å². The van der Waals surface area contributed by atoms with Gasteiger partial charge in [0.05, 0.1) is 0 Å². The van der Waals surface area contributed by atoms with E-state index in [1.54, 1.807) is 0 Å². The van der Waals surface area contributed by atoms with E-state index in [4.69, 9.17) is 5.73 Å². The lowest BCUT2D eigenvalue weighted by Crippen LogP contribution is -2.38. The van der Waals surface area contributed by atoms with Crippen molar-refractivity contribution in [3.8, 4) is 0 Å². The SMILES string of the molecule is CC(C)(C)c1cc(C(=O)N2CCC(c3cccc(CN)c3)CC2)cc(C(C)(C)C)c1. The third-order valence-corrected chi connectivity index (χ3v) is 6.35. The third-order valence-electron chi connectivity index (χ3n) is 6.35. The number of hydrogen-bond acceptors (Lipinski definition) is 2. The Labute approximate surface area is 182 Å². The van der Waals surface area contributed by atoms with Gasteiger partial charge >= 0.3 is 0 Å². The quantitative estimate of drug-likeness (QED) is 0.704. The smallest absolute Gasteiger partial charge is 0.253 e. The summed E-state index contributed by atoms with van der Waals surface area (Å²) in [5, 5.41) is 0. The molecule has 3 rings (SSSR count). The average Bonchev–Trinajstić information content (AvgIpc) is 2.72. The molecular weight excluding hydrogens is 368 g/mol. The first kappa shape index (κ1) is 22.6. The van der Waals surface area contributed by atoms with Gasteiger partial charge in [0.2, 0.25) is 0 Å². The molecule has 3 nitrogen and oxygen atoms in total. The highest BCUT2D eigenvalue weighted by atomic mass is 16.2. The highest BCUT2D eigenvalue weighted by Crippen LogP contribution is 2.32. The Morgan fingerprint density at radius 2 is 1.50 bits per heavy atom. The molecule has 30 heavy (non-hydrogen) atoms. The Bertz CT molecular complexity index is 862. The molecule has 0 radical (unpaired) electrons. The molecule has 1 saturated heterocycles. The first-order chi connectivity index (χ1) is 14.0. The van der Waals surface area contributed by atoms with Crippen LogP contribution in [-0.4, -0.2) is 23.9 Å². The monoisotopic (exact) mass is 406 g/mol. The van der Waals surface area contributed by atoms with Crippen LogP contribution in [0.3, 0.4) is 0 Å². The lowest BCUT2D eigenvalue weighted by molar-refractivity contribution is 0.0712. The lowest BCUT2D eigenvalue weighted by atomic mass is 9.79. The van der Waals surface area contributed by atoms with Crippen molar-refractivity contribution >= 4 is 5.91 Å². The van der Waals surface area contributed by atoms with E-state index in [2.05, 4.69) is 84.0 Å². The second kappa shape index (κ2) is 8.55. The van der Waals surface area contributed by atoms with Crippen molar-refractivity contribution in [2.24, 2.45) is 5.73 Å². The maximum absolute atomic E-state index is 13.4. The zero-order valence-electron chi connectivity index (χ0n) is 19.6. The van der Waals surface area contributed by atoms with Crippen molar-refractivity contribution < 1.29 is 4.79 Å². The fourth-order valence-electron chi connectivity index (χ4n) is 4.19. The molecule has 0 saturated carbocycles. The number of carbonyl (C=O) groups is 1. The highest BCUT2D eigenvalue weighted by Gasteiger charge is 2.27. The number of nitrogens with two attached hydrogens (primary N) is 1. The Morgan fingerprint density at radius 3 is 2.00 bits per heavy atom. The predicted molar refractivity (Wildman–Crippen MR) is 126 cm³/mol. The highest BCUT2D eigenvalue weighted by molar-refractivity contribution is 5.94. The standard InChI is InChI=1S/C27H38N2O/c1-26(2,3)23-15-22(16-24(17-23)27(4,5)6)25(30)29-12-10-20(11-13-29)21-9-7-8-19(14-21)18-28/h7-9,14-17,20H,10-13,18,28H2,1-6H3. The summed E-state index contributed by atoms with van der Waals surface area (Å²) < 4.78 is 0. The van der Waals surface area contributed by atoms with E-state index in [-0.39, 0.29) is 16.7 Å². The van der Waals surface area contributed by atoms with Gasteiger partial charge in [-0.05, 0) is 64.0 Å². The van der Waals surface area contributed by atoms with Crippen molar-refractivity contribution in [2.75, 3.05) is 13.1 Å². The van der Waals surface area contributed by atoms with Gasteiger partial charge in [-0.3, -0.25) is 4.79 Å². The topological polar surface area (TPSA) is 46.3 Å². The Kier molecular flexibility index (Phi) is 6.43. The van der Waals surface area contributed by atoms with Gasteiger partial charge in [0.1, 0.15) is 0 Å². The lowest BCUT2D eigenvalue weighted by Gasteiger charge is -2.33. The van der Waals surface area contributed by atoms with Crippen molar-refractivity contribution in [3.63, 3.8) is 0 Å². The molecule has 3 heteroatoms. The summed E-state index contributed by atoms with van der Waals surface area (Å²) in [4.78, 5) is 15.5. The number of amides is 1. The molecule has 1 aliphatic rings. The van der Waals surface area contributed by atoms with Gasteiger partial charge in [-0.15, -0.1) is 0 Å². The Balaban J connectivity index is 1.79. The van der Waals surface area contributed by atoms with E-state index in [0.29, 0.717) is 12.5 Å². The summed E-state index contributed by atoms with van der Waals surface area (Å²) in [5.41, 5.74) is 11.7. The predicted octanol–water partition coefficient (Wildman–Crippen LogP) is 5.76. The summed E-state index contributed by atoms with van der Waals surface area (Å²) in [6.07, 6.45) is 2.01. The molecule has 1 aliphatic heterocycles. The molecule has 0 atom stereocenters. The minimum absolute atomic E-state index is 0.0112. The minimum Gasteiger partial charge on any atom is -0.339 e. The minimum atomic E-state index is 0.0112. The molecule has 162 valence electrons. The van der Waals surface area contributed by atoms with Crippen LogP contribution < -0.4 is 5.73 Å². The van der Waals surface area contributed by atoms with E-state index in [0.717, 1.165) is 31.5 Å². The van der Waals surface area contributed by atoms with Crippen LogP contribution >= 0.6 is 0 Å². The summed E-state index contributed by atoms with van der Waals surface area (Å²) in [7, 11) is 0. The first-order valence-electron chi connectivity index (χ1n) is 11.2. The van der Waals surface area contributed by atoms with Gasteiger partial charge in [-0.25, -0.2) is 0 Å². The first-order valence-corrected chi connectivity index (χ1v) is 11.2. The molecule has 2 aromatic rings. The molecule has 2 N–H and O–H groups in total. The number of rotatable bonds is 3. The third kappa shape index (κ3) is 5.13. The number of nitrogens with zero attached hydrogens (tertiary/aromatic N) is 1. The van der Waals surface area contributed by atoms with Crippen molar-refractivity contribution in [1.29, 1.82) is 0 Å². The van der Waals surface area contributed by atoms with Gasteiger partial charge in [0.15, 0.2) is 0 Å². The molecule has 0 spiro atoms. The normalized spacial score (nSPS) is 16.0. The maximum Gasteiger partial charge on any atom is 0.253 e. The van der Waals surface area contributed by atoms with Crippen LogP contribution in [0.15, 0.2) is 42.5 Å². The molecule has 2 aromatic carbocycles. The number of benzene rings is 2. The molecule has 1 heterocycles. The van der Waals surface area contributed by atoms with Gasteiger partial charge in [-0.2, -0.15) is 0 Å². The van der Waals surface area contributed by atoms with Crippen LogP contribution in [0.1, 0.15) is 92.9 Å². The van der Waals surface area contributed by atoms with Crippen molar-refractivity contribution in [1.82, 2.24) is 4.90 Å². The van der Waals surface area contributed by atoms with Gasteiger partial charge < -0.3 is 10.6 Å². The number of piperidine rings is 1. The maximum atomic E-state index is 13.4. The largest absolute Gasteiger partial charge is 0.339 e. The molecular formula is C27H38N2O. The van der Waals surface area contributed by atoms with Crippen LogP contribution in [-0.2, 0) is 17.4 Å². The van der Waals surface area contributed by atoms with E-state index >= 15 is 0 Å². The molecule has 0 aliphatic carbocycles. The summed E-state index contributed by atoms with van der Waals surface area (Å²) in [6.45, 7) is 15.5. The van der Waals surface area contributed by atoms with Crippen LogP contribution in [0.25, 0.3) is 0 Å². The van der Waals surface area contributed by atoms with Gasteiger partial charge in [0.25, 0.3) is 5.91 Å². The van der Waals surface area contributed by atoms with Gasteiger partial charge in [-0.1, -0.05) is 71.9 Å². The molecule has 0 bridgehead atoms. The average molecular weight is 407 g/mol. The molecule has 0 unspecified atom stereocenters. The Hall–Kier alpha value is -2.13. The second-order valence-electron chi connectivity index (χ2n) is 10.8. The van der Waals surface area contributed by atoms with Crippen LogP contribution in [0.5, 0.6) is 0 Å². The zero-order valence-corrected chi connectivity index (χ0v) is 19.6. The number of hydrogen-bond donors (Lipinski definition) is 1.